The summed E-state index contributed by atoms with van der Waals surface area (Å²) >= 11 is 11.3. The molecule has 0 radical (unpaired) electrons. The van der Waals surface area contributed by atoms with E-state index in [1.807, 2.05) is 25.1 Å². The Labute approximate surface area is 113 Å². The van der Waals surface area contributed by atoms with E-state index < -0.39 is 0 Å². The molecule has 1 aromatic rings. The summed E-state index contributed by atoms with van der Waals surface area (Å²) in [4.78, 5) is 1.38. The molecule has 0 heterocycles. The van der Waals surface area contributed by atoms with Crippen molar-refractivity contribution in [3.8, 4) is 0 Å². The first kappa shape index (κ1) is 14.2. The van der Waals surface area contributed by atoms with Crippen molar-refractivity contribution in [3.05, 3.63) is 28.8 Å². The van der Waals surface area contributed by atoms with Crippen LogP contribution in [0.5, 0.6) is 0 Å². The number of benzene rings is 1. The Morgan fingerprint density at radius 1 is 1.41 bits per heavy atom. The number of hydrogen-bond donors (Lipinski definition) is 3. The molecule has 0 fully saturated rings. The quantitative estimate of drug-likeness (QED) is 0.717. The summed E-state index contributed by atoms with van der Waals surface area (Å²) < 4.78 is 0. The summed E-state index contributed by atoms with van der Waals surface area (Å²) in [6.45, 7) is 3.87. The number of halogens is 1. The van der Waals surface area contributed by atoms with Crippen molar-refractivity contribution in [2.45, 2.75) is 6.92 Å². The van der Waals surface area contributed by atoms with Crippen LogP contribution in [0.3, 0.4) is 0 Å². The minimum Gasteiger partial charge on any atom is -0.357 e. The van der Waals surface area contributed by atoms with Gasteiger partial charge < -0.3 is 15.5 Å². The highest BCUT2D eigenvalue weighted by atomic mass is 35.5. The molecule has 0 aliphatic heterocycles. The Balaban J connectivity index is 2.45. The number of rotatable bonds is 4. The van der Waals surface area contributed by atoms with Gasteiger partial charge in [0, 0.05) is 0 Å². The predicted octanol–water partition coefficient (Wildman–Crippen LogP) is 1.08. The molecule has 0 atom stereocenters. The maximum atomic E-state index is 6.10. The predicted molar refractivity (Wildman–Crippen MR) is 78.1 cm³/mol. The third kappa shape index (κ3) is 5.35. The molecule has 0 bridgehead atoms. The van der Waals surface area contributed by atoms with Crippen LogP contribution in [0.4, 0.5) is 5.69 Å². The lowest BCUT2D eigenvalue weighted by atomic mass is 10.2. The molecule has 3 nitrogen and oxygen atoms in total. The monoisotopic (exact) mass is 272 g/mol. The zero-order valence-corrected chi connectivity index (χ0v) is 12.0. The van der Waals surface area contributed by atoms with Gasteiger partial charge in [-0.25, -0.2) is 0 Å². The highest BCUT2D eigenvalue weighted by molar-refractivity contribution is 7.80. The minimum atomic E-state index is 0.608. The van der Waals surface area contributed by atoms with Crippen molar-refractivity contribution in [1.29, 1.82) is 0 Å². The number of likely N-dealkylation sites (N-methyl/N-ethyl adjacent to an activating group) is 1. The van der Waals surface area contributed by atoms with E-state index in [4.69, 9.17) is 23.8 Å². The lowest BCUT2D eigenvalue weighted by Gasteiger charge is -2.13. The van der Waals surface area contributed by atoms with Crippen LogP contribution in [0, 0.1) is 6.92 Å². The second-order valence-electron chi connectivity index (χ2n) is 4.32. The van der Waals surface area contributed by atoms with Crippen LogP contribution < -0.4 is 15.5 Å². The molecule has 0 aliphatic carbocycles. The molecular formula is C12H19ClN3S+. The summed E-state index contributed by atoms with van der Waals surface area (Å²) in [7, 11) is 4.21. The van der Waals surface area contributed by atoms with Crippen LogP contribution >= 0.6 is 23.8 Å². The normalized spacial score (nSPS) is 10.4. The third-order valence-electron chi connectivity index (χ3n) is 2.28. The van der Waals surface area contributed by atoms with E-state index in [0.717, 1.165) is 24.3 Å². The molecule has 17 heavy (non-hydrogen) atoms. The van der Waals surface area contributed by atoms with Crippen molar-refractivity contribution >= 4 is 34.6 Å². The molecule has 1 rings (SSSR count). The zero-order valence-electron chi connectivity index (χ0n) is 10.4. The second kappa shape index (κ2) is 6.79. The molecule has 5 heteroatoms. The molecule has 3 N–H and O–H groups in total. The van der Waals surface area contributed by atoms with Crippen molar-refractivity contribution in [3.63, 3.8) is 0 Å². The number of nitrogens with one attached hydrogen (secondary N) is 3. The fraction of sp³-hybridized carbons (Fsp3) is 0.417. The van der Waals surface area contributed by atoms with Crippen LogP contribution in [0.2, 0.25) is 5.02 Å². The van der Waals surface area contributed by atoms with Crippen LogP contribution in [0.15, 0.2) is 18.2 Å². The molecule has 0 saturated heterocycles. The Bertz CT molecular complexity index is 393. The van der Waals surface area contributed by atoms with Crippen molar-refractivity contribution in [1.82, 2.24) is 5.32 Å². The first-order chi connectivity index (χ1) is 7.99. The van der Waals surface area contributed by atoms with E-state index in [1.54, 1.807) is 0 Å². The van der Waals surface area contributed by atoms with Crippen molar-refractivity contribution in [2.24, 2.45) is 0 Å². The number of aryl methyl sites for hydroxylation is 1. The van der Waals surface area contributed by atoms with E-state index in [2.05, 4.69) is 24.7 Å². The van der Waals surface area contributed by atoms with E-state index in [0.29, 0.717) is 10.1 Å². The Morgan fingerprint density at radius 3 is 2.71 bits per heavy atom. The summed E-state index contributed by atoms with van der Waals surface area (Å²) in [5.41, 5.74) is 1.97. The fourth-order valence-electron chi connectivity index (χ4n) is 1.31. The van der Waals surface area contributed by atoms with Gasteiger partial charge >= 0.3 is 0 Å². The number of anilines is 1. The van der Waals surface area contributed by atoms with E-state index in [1.165, 1.54) is 4.90 Å². The molecule has 0 saturated carbocycles. The topological polar surface area (TPSA) is 28.5 Å². The lowest BCUT2D eigenvalue weighted by Crippen LogP contribution is -3.06. The molecule has 94 valence electrons. The lowest BCUT2D eigenvalue weighted by molar-refractivity contribution is -0.856. The Kier molecular flexibility index (Phi) is 5.68. The van der Waals surface area contributed by atoms with E-state index in [9.17, 15) is 0 Å². The van der Waals surface area contributed by atoms with Crippen LogP contribution in [0.25, 0.3) is 0 Å². The number of thiocarbonyl (C=S) groups is 1. The molecular weight excluding hydrogens is 254 g/mol. The van der Waals surface area contributed by atoms with Gasteiger partial charge in [0.15, 0.2) is 5.11 Å². The smallest absolute Gasteiger partial charge is 0.171 e. The van der Waals surface area contributed by atoms with Gasteiger partial charge in [-0.2, -0.15) is 0 Å². The van der Waals surface area contributed by atoms with E-state index >= 15 is 0 Å². The van der Waals surface area contributed by atoms with Gasteiger partial charge in [0.05, 0.1) is 37.9 Å². The number of hydrogen-bond acceptors (Lipinski definition) is 1. The first-order valence-corrected chi connectivity index (χ1v) is 6.37. The summed E-state index contributed by atoms with van der Waals surface area (Å²) in [5.74, 6) is 0. The van der Waals surface area contributed by atoms with Gasteiger partial charge in [-0.15, -0.1) is 0 Å². The van der Waals surface area contributed by atoms with Gasteiger partial charge in [0.2, 0.25) is 0 Å². The number of quaternary nitrogens is 1. The van der Waals surface area contributed by atoms with Gasteiger partial charge in [-0.05, 0) is 36.8 Å². The van der Waals surface area contributed by atoms with Crippen molar-refractivity contribution < 1.29 is 4.90 Å². The van der Waals surface area contributed by atoms with Gasteiger partial charge in [-0.3, -0.25) is 0 Å². The second-order valence-corrected chi connectivity index (χ2v) is 5.14. The van der Waals surface area contributed by atoms with Gasteiger partial charge in [0.25, 0.3) is 0 Å². The van der Waals surface area contributed by atoms with Crippen LogP contribution in [0.1, 0.15) is 5.56 Å². The first-order valence-electron chi connectivity index (χ1n) is 5.59. The average Bonchev–Trinajstić information content (AvgIpc) is 2.21. The largest absolute Gasteiger partial charge is 0.357 e. The fourth-order valence-corrected chi connectivity index (χ4v) is 1.81. The minimum absolute atomic E-state index is 0.608. The van der Waals surface area contributed by atoms with Gasteiger partial charge in [0.1, 0.15) is 0 Å². The van der Waals surface area contributed by atoms with E-state index in [-0.39, 0.29) is 0 Å². The highest BCUT2D eigenvalue weighted by Crippen LogP contribution is 2.22. The molecule has 0 spiro atoms. The molecule has 0 aromatic heterocycles. The Hall–Kier alpha value is -0.840. The third-order valence-corrected chi connectivity index (χ3v) is 2.84. The summed E-state index contributed by atoms with van der Waals surface area (Å²) in [5, 5.41) is 7.53. The van der Waals surface area contributed by atoms with Gasteiger partial charge in [-0.1, -0.05) is 17.7 Å². The standard InChI is InChI=1S/C12H18ClN3S/c1-9-4-5-11(10(13)8-9)15-12(17)14-6-7-16(2)3/h4-5,8H,6-7H2,1-3H3,(H2,14,15,17)/p+1. The molecule has 1 aromatic carbocycles. The maximum Gasteiger partial charge on any atom is 0.171 e. The molecule has 0 unspecified atom stereocenters. The summed E-state index contributed by atoms with van der Waals surface area (Å²) in [6, 6.07) is 5.85. The zero-order chi connectivity index (χ0) is 12.8. The SMILES string of the molecule is Cc1ccc(NC(=S)NCC[NH+](C)C)c(Cl)c1. The highest BCUT2D eigenvalue weighted by Gasteiger charge is 2.03. The average molecular weight is 273 g/mol. The Morgan fingerprint density at radius 2 is 2.12 bits per heavy atom. The molecule has 0 amide bonds. The van der Waals surface area contributed by atoms with Crippen LogP contribution in [-0.2, 0) is 0 Å². The summed E-state index contributed by atoms with van der Waals surface area (Å²) in [6.07, 6.45) is 0. The van der Waals surface area contributed by atoms with Crippen molar-refractivity contribution in [2.75, 3.05) is 32.5 Å². The molecule has 0 aliphatic rings. The maximum absolute atomic E-state index is 6.10. The van der Waals surface area contributed by atoms with Crippen LogP contribution in [-0.4, -0.2) is 32.3 Å².